The molecule has 0 saturated heterocycles. The fourth-order valence-corrected chi connectivity index (χ4v) is 1.16. The van der Waals surface area contributed by atoms with Gasteiger partial charge >= 0.3 is 0 Å². The van der Waals surface area contributed by atoms with E-state index in [0.29, 0.717) is 6.42 Å². The highest BCUT2D eigenvalue weighted by molar-refractivity contribution is 5.81. The lowest BCUT2D eigenvalue weighted by atomic mass is 10.0. The molecule has 3 nitrogen and oxygen atoms in total. The molecule has 0 spiro atoms. The van der Waals surface area contributed by atoms with Crippen molar-refractivity contribution in [3.8, 4) is 5.75 Å². The Bertz CT molecular complexity index is 306. The van der Waals surface area contributed by atoms with E-state index in [1.54, 1.807) is 7.11 Å². The minimum absolute atomic E-state index is 0.0146. The normalized spacial score (nSPS) is 11.1. The lowest BCUT2D eigenvalue weighted by molar-refractivity contribution is -0.118. The molecule has 0 aromatic heterocycles. The van der Waals surface area contributed by atoms with Crippen LogP contribution in [0.4, 0.5) is 0 Å². The Morgan fingerprint density at radius 3 is 2.19 bits per heavy atom. The van der Waals surface area contributed by atoms with Crippen LogP contribution in [-0.4, -0.2) is 18.9 Å². The molecule has 0 fully saturated rings. The molecule has 16 heavy (non-hydrogen) atoms. The highest BCUT2D eigenvalue weighted by Gasteiger charge is 2.08. The number of hydrogen-bond donors (Lipinski definition) is 1. The first kappa shape index (κ1) is 14.6. The molecular weight excluding hydrogens is 202 g/mol. The zero-order valence-corrected chi connectivity index (χ0v) is 10.5. The van der Waals surface area contributed by atoms with E-state index in [2.05, 4.69) is 0 Å². The van der Waals surface area contributed by atoms with Gasteiger partial charge in [-0.15, -0.1) is 0 Å². The summed E-state index contributed by atoms with van der Waals surface area (Å²) in [6, 6.07) is 7.16. The van der Waals surface area contributed by atoms with Crippen molar-refractivity contribution in [3.05, 3.63) is 29.8 Å². The summed E-state index contributed by atoms with van der Waals surface area (Å²) in [5, 5.41) is 0. The zero-order valence-electron chi connectivity index (χ0n) is 10.5. The van der Waals surface area contributed by atoms with Gasteiger partial charge in [-0.2, -0.15) is 0 Å². The van der Waals surface area contributed by atoms with Crippen molar-refractivity contribution in [2.75, 3.05) is 7.11 Å². The Morgan fingerprint density at radius 2 is 1.81 bits per heavy atom. The van der Waals surface area contributed by atoms with E-state index in [-0.39, 0.29) is 5.78 Å². The summed E-state index contributed by atoms with van der Waals surface area (Å²) >= 11 is 0. The summed E-state index contributed by atoms with van der Waals surface area (Å²) in [7, 11) is 1.62. The third kappa shape index (κ3) is 4.94. The lowest BCUT2D eigenvalue weighted by Crippen LogP contribution is -2.30. The number of Topliss-reactive ketones (excluding diaryl/α,β-unsaturated/α-hetero) is 1. The summed E-state index contributed by atoms with van der Waals surface area (Å²) in [6.45, 7) is 5.51. The van der Waals surface area contributed by atoms with Crippen molar-refractivity contribution in [1.82, 2.24) is 0 Å². The van der Waals surface area contributed by atoms with Gasteiger partial charge in [0.15, 0.2) is 0 Å². The summed E-state index contributed by atoms with van der Waals surface area (Å²) in [4.78, 5) is 10.9. The molecule has 1 rings (SSSR count). The number of rotatable bonds is 4. The number of hydrogen-bond acceptors (Lipinski definition) is 3. The molecule has 0 radical (unpaired) electrons. The molecule has 0 aliphatic rings. The molecule has 0 aliphatic heterocycles. The van der Waals surface area contributed by atoms with E-state index in [1.807, 2.05) is 38.1 Å². The van der Waals surface area contributed by atoms with Crippen LogP contribution in [0.1, 0.15) is 26.3 Å². The third-order valence-corrected chi connectivity index (χ3v) is 2.14. The summed E-state index contributed by atoms with van der Waals surface area (Å²) in [5.74, 6) is 0.825. The molecule has 0 bridgehead atoms. The minimum Gasteiger partial charge on any atom is -0.497 e. The highest BCUT2D eigenvalue weighted by atomic mass is 16.5. The highest BCUT2D eigenvalue weighted by Crippen LogP contribution is 2.12. The standard InChI is InChI=1S/C11H15NO2.C2H6/c1-8(13)11(12)7-9-3-5-10(14-2)6-4-9;1-2/h3-6,11H,7,12H2,1-2H3;1-2H3. The monoisotopic (exact) mass is 223 g/mol. The first-order valence-corrected chi connectivity index (χ1v) is 5.52. The smallest absolute Gasteiger partial charge is 0.146 e. The SMILES string of the molecule is CC.COc1ccc(CC(N)C(C)=O)cc1. The molecule has 0 heterocycles. The Morgan fingerprint density at radius 1 is 1.31 bits per heavy atom. The van der Waals surface area contributed by atoms with Crippen LogP contribution in [0.3, 0.4) is 0 Å². The molecule has 90 valence electrons. The Labute approximate surface area is 97.6 Å². The zero-order chi connectivity index (χ0) is 12.6. The summed E-state index contributed by atoms with van der Waals surface area (Å²) in [5.41, 5.74) is 6.69. The van der Waals surface area contributed by atoms with Crippen LogP contribution in [0.25, 0.3) is 0 Å². The van der Waals surface area contributed by atoms with E-state index in [1.165, 1.54) is 6.92 Å². The fraction of sp³-hybridized carbons (Fsp3) is 0.462. The van der Waals surface area contributed by atoms with E-state index in [4.69, 9.17) is 10.5 Å². The van der Waals surface area contributed by atoms with Gasteiger partial charge in [-0.25, -0.2) is 0 Å². The minimum atomic E-state index is -0.400. The average molecular weight is 223 g/mol. The van der Waals surface area contributed by atoms with Crippen LogP contribution in [0.15, 0.2) is 24.3 Å². The van der Waals surface area contributed by atoms with E-state index < -0.39 is 6.04 Å². The average Bonchev–Trinajstić information content (AvgIpc) is 2.32. The van der Waals surface area contributed by atoms with Crippen molar-refractivity contribution in [2.24, 2.45) is 5.73 Å². The number of ketones is 1. The first-order valence-electron chi connectivity index (χ1n) is 5.52. The third-order valence-electron chi connectivity index (χ3n) is 2.14. The van der Waals surface area contributed by atoms with Crippen LogP contribution < -0.4 is 10.5 Å². The van der Waals surface area contributed by atoms with Gasteiger partial charge in [0.25, 0.3) is 0 Å². The number of carbonyl (C=O) groups excluding carboxylic acids is 1. The molecule has 1 aromatic rings. The Kier molecular flexibility index (Phi) is 7.21. The number of methoxy groups -OCH3 is 1. The second kappa shape index (κ2) is 7.88. The molecule has 2 N–H and O–H groups in total. The maximum absolute atomic E-state index is 10.9. The summed E-state index contributed by atoms with van der Waals surface area (Å²) in [6.07, 6.45) is 0.583. The van der Waals surface area contributed by atoms with Gasteiger partial charge in [-0.3, -0.25) is 4.79 Å². The van der Waals surface area contributed by atoms with Crippen LogP contribution in [0.2, 0.25) is 0 Å². The van der Waals surface area contributed by atoms with Crippen molar-refractivity contribution in [3.63, 3.8) is 0 Å². The van der Waals surface area contributed by atoms with Crippen LogP contribution in [0.5, 0.6) is 5.75 Å². The van der Waals surface area contributed by atoms with Crippen molar-refractivity contribution in [1.29, 1.82) is 0 Å². The Balaban J connectivity index is 0.00000106. The second-order valence-corrected chi connectivity index (χ2v) is 3.27. The van der Waals surface area contributed by atoms with Crippen LogP contribution >= 0.6 is 0 Å². The van der Waals surface area contributed by atoms with Gasteiger partial charge < -0.3 is 10.5 Å². The number of nitrogens with two attached hydrogens (primary N) is 1. The number of ether oxygens (including phenoxy) is 1. The molecule has 1 aromatic carbocycles. The molecule has 1 atom stereocenters. The molecule has 1 unspecified atom stereocenters. The van der Waals surface area contributed by atoms with Gasteiger partial charge in [0.2, 0.25) is 0 Å². The number of carbonyl (C=O) groups is 1. The molecular formula is C13H21NO2. The van der Waals surface area contributed by atoms with Crippen LogP contribution in [0, 0.1) is 0 Å². The molecule has 3 heteroatoms. The van der Waals surface area contributed by atoms with Gasteiger partial charge in [-0.05, 0) is 31.0 Å². The van der Waals surface area contributed by atoms with Gasteiger partial charge in [0.05, 0.1) is 13.2 Å². The van der Waals surface area contributed by atoms with E-state index in [0.717, 1.165) is 11.3 Å². The quantitative estimate of drug-likeness (QED) is 0.851. The molecule has 0 aliphatic carbocycles. The van der Waals surface area contributed by atoms with Gasteiger partial charge in [0.1, 0.15) is 11.5 Å². The molecule has 0 amide bonds. The Hall–Kier alpha value is -1.35. The van der Waals surface area contributed by atoms with E-state index >= 15 is 0 Å². The lowest BCUT2D eigenvalue weighted by Gasteiger charge is -2.07. The van der Waals surface area contributed by atoms with Gasteiger partial charge in [0, 0.05) is 0 Å². The predicted molar refractivity (Wildman–Crippen MR) is 66.7 cm³/mol. The van der Waals surface area contributed by atoms with Crippen molar-refractivity contribution >= 4 is 5.78 Å². The van der Waals surface area contributed by atoms with Gasteiger partial charge in [-0.1, -0.05) is 26.0 Å². The van der Waals surface area contributed by atoms with Crippen LogP contribution in [-0.2, 0) is 11.2 Å². The maximum Gasteiger partial charge on any atom is 0.146 e. The molecule has 0 saturated carbocycles. The summed E-state index contributed by atoms with van der Waals surface area (Å²) < 4.78 is 5.02. The largest absolute Gasteiger partial charge is 0.497 e. The van der Waals surface area contributed by atoms with E-state index in [9.17, 15) is 4.79 Å². The van der Waals surface area contributed by atoms with Crippen molar-refractivity contribution in [2.45, 2.75) is 33.2 Å². The topological polar surface area (TPSA) is 52.3 Å². The predicted octanol–water partition coefficient (Wildman–Crippen LogP) is 2.18. The first-order chi connectivity index (χ1) is 7.63. The fourth-order valence-electron chi connectivity index (χ4n) is 1.16. The van der Waals surface area contributed by atoms with Crippen molar-refractivity contribution < 1.29 is 9.53 Å². The second-order valence-electron chi connectivity index (χ2n) is 3.27. The number of benzene rings is 1. The maximum atomic E-state index is 10.9.